The highest BCUT2D eigenvalue weighted by Crippen LogP contribution is 2.11. The molecular weight excluding hydrogens is 131 g/mol. The van der Waals surface area contributed by atoms with Crippen molar-refractivity contribution in [2.24, 2.45) is 5.92 Å². The van der Waals surface area contributed by atoms with E-state index in [0.717, 1.165) is 6.32 Å². The predicted octanol–water partition coefficient (Wildman–Crippen LogP) is 0.150. The Morgan fingerprint density at radius 3 is 2.60 bits per heavy atom. The van der Waals surface area contributed by atoms with Crippen molar-refractivity contribution in [3.63, 3.8) is 0 Å². The zero-order valence-corrected chi connectivity index (χ0v) is 6.25. The number of aliphatic hydroxyl groups is 1. The average Bonchev–Trinajstić information content (AvgIpc) is 2.40. The lowest BCUT2D eigenvalue weighted by atomic mass is 9.79. The molecule has 4 heteroatoms. The third-order valence-electron chi connectivity index (χ3n) is 1.60. The van der Waals surface area contributed by atoms with Crippen molar-refractivity contribution < 1.29 is 14.4 Å². The van der Waals surface area contributed by atoms with Crippen LogP contribution in [0.5, 0.6) is 0 Å². The molecule has 1 aliphatic rings. The van der Waals surface area contributed by atoms with Gasteiger partial charge in [-0.2, -0.15) is 0 Å². The van der Waals surface area contributed by atoms with Gasteiger partial charge >= 0.3 is 7.12 Å². The summed E-state index contributed by atoms with van der Waals surface area (Å²) in [5.74, 6) is 0.281. The molecule has 0 aromatic heterocycles. The lowest BCUT2D eigenvalue weighted by Crippen LogP contribution is -2.18. The Morgan fingerprint density at radius 2 is 2.10 bits per heavy atom. The largest absolute Gasteiger partial charge is 0.457 e. The molecular formula is C6H13BO3. The maximum atomic E-state index is 8.68. The molecule has 1 heterocycles. The van der Waals surface area contributed by atoms with E-state index in [4.69, 9.17) is 14.4 Å². The fraction of sp³-hybridized carbons (Fsp3) is 1.00. The quantitative estimate of drug-likeness (QED) is 0.573. The van der Waals surface area contributed by atoms with Crippen LogP contribution in [0.15, 0.2) is 0 Å². The summed E-state index contributed by atoms with van der Waals surface area (Å²) >= 11 is 0. The van der Waals surface area contributed by atoms with Gasteiger partial charge in [0, 0.05) is 6.61 Å². The number of hydrogen-bond donors (Lipinski definition) is 1. The third kappa shape index (κ3) is 2.29. The van der Waals surface area contributed by atoms with Gasteiger partial charge in [-0.1, -0.05) is 6.92 Å². The van der Waals surface area contributed by atoms with E-state index in [9.17, 15) is 0 Å². The van der Waals surface area contributed by atoms with E-state index >= 15 is 0 Å². The van der Waals surface area contributed by atoms with Crippen LogP contribution >= 0.6 is 0 Å². The van der Waals surface area contributed by atoms with Crippen LogP contribution in [0.3, 0.4) is 0 Å². The van der Waals surface area contributed by atoms with Crippen LogP contribution in [0.2, 0.25) is 6.32 Å². The van der Waals surface area contributed by atoms with Gasteiger partial charge in [0.2, 0.25) is 0 Å². The normalized spacial score (nSPS) is 21.6. The van der Waals surface area contributed by atoms with Crippen LogP contribution < -0.4 is 0 Å². The first-order valence-electron chi connectivity index (χ1n) is 3.67. The minimum absolute atomic E-state index is 0.0675. The number of aliphatic hydroxyl groups excluding tert-OH is 1. The Kier molecular flexibility index (Phi) is 3.18. The molecule has 58 valence electrons. The van der Waals surface area contributed by atoms with Crippen LogP contribution in [0, 0.1) is 5.92 Å². The molecule has 0 bridgehead atoms. The topological polar surface area (TPSA) is 38.7 Å². The Labute approximate surface area is 61.5 Å². The molecule has 0 unspecified atom stereocenters. The molecule has 0 aliphatic carbocycles. The van der Waals surface area contributed by atoms with E-state index in [2.05, 4.69) is 0 Å². The van der Waals surface area contributed by atoms with Gasteiger partial charge in [-0.15, -0.1) is 0 Å². The van der Waals surface area contributed by atoms with Crippen molar-refractivity contribution in [3.8, 4) is 0 Å². The smallest absolute Gasteiger partial charge is 0.409 e. The number of hydrogen-bond acceptors (Lipinski definition) is 3. The van der Waals surface area contributed by atoms with Gasteiger partial charge in [0.1, 0.15) is 0 Å². The Hall–Kier alpha value is -0.0551. The number of rotatable bonds is 3. The van der Waals surface area contributed by atoms with Crippen LogP contribution in [-0.2, 0) is 9.31 Å². The lowest BCUT2D eigenvalue weighted by Gasteiger charge is -2.07. The third-order valence-corrected chi connectivity index (χ3v) is 1.60. The Balaban J connectivity index is 2.11. The van der Waals surface area contributed by atoms with Crippen LogP contribution in [0.25, 0.3) is 0 Å². The molecule has 0 amide bonds. The van der Waals surface area contributed by atoms with Gasteiger partial charge in [0.05, 0.1) is 13.2 Å². The summed E-state index contributed by atoms with van der Waals surface area (Å²) in [6.07, 6.45) is 0.802. The maximum absolute atomic E-state index is 8.68. The average molecular weight is 144 g/mol. The second kappa shape index (κ2) is 3.96. The van der Waals surface area contributed by atoms with E-state index in [0.29, 0.717) is 13.2 Å². The van der Waals surface area contributed by atoms with Crippen LogP contribution in [0.4, 0.5) is 0 Å². The first-order valence-corrected chi connectivity index (χ1v) is 3.67. The summed E-state index contributed by atoms with van der Waals surface area (Å²) in [7, 11) is -0.0675. The maximum Gasteiger partial charge on any atom is 0.457 e. The predicted molar refractivity (Wildman–Crippen MR) is 38.7 cm³/mol. The van der Waals surface area contributed by atoms with Crippen LogP contribution in [0.1, 0.15) is 6.92 Å². The van der Waals surface area contributed by atoms with Gasteiger partial charge in [0.15, 0.2) is 0 Å². The van der Waals surface area contributed by atoms with E-state index < -0.39 is 0 Å². The lowest BCUT2D eigenvalue weighted by molar-refractivity contribution is 0.239. The van der Waals surface area contributed by atoms with Crippen molar-refractivity contribution in [2.75, 3.05) is 19.8 Å². The minimum Gasteiger partial charge on any atom is -0.409 e. The Bertz CT molecular complexity index is 93.0. The molecule has 0 saturated carbocycles. The van der Waals surface area contributed by atoms with Gasteiger partial charge in [-0.05, 0) is 12.2 Å². The summed E-state index contributed by atoms with van der Waals surface area (Å²) in [6.45, 7) is 3.58. The molecule has 1 rings (SSSR count). The summed E-state index contributed by atoms with van der Waals surface area (Å²) in [4.78, 5) is 0. The highest BCUT2D eigenvalue weighted by atomic mass is 16.6. The van der Waals surface area contributed by atoms with Crippen molar-refractivity contribution in [1.29, 1.82) is 0 Å². The standard InChI is InChI=1S/C6H13BO3/c1-6(5-8)4-7-9-2-3-10-7/h6,8H,2-5H2,1H3/t6-/m0/s1. The molecule has 0 aromatic carbocycles. The molecule has 1 N–H and O–H groups in total. The summed E-state index contributed by atoms with van der Waals surface area (Å²) in [5, 5.41) is 8.68. The highest BCUT2D eigenvalue weighted by molar-refractivity contribution is 6.44. The second-order valence-electron chi connectivity index (χ2n) is 2.69. The zero-order chi connectivity index (χ0) is 7.40. The van der Waals surface area contributed by atoms with Gasteiger partial charge in [-0.25, -0.2) is 0 Å². The molecule has 10 heavy (non-hydrogen) atoms. The summed E-state index contributed by atoms with van der Waals surface area (Å²) in [6, 6.07) is 0. The van der Waals surface area contributed by atoms with Gasteiger partial charge < -0.3 is 14.4 Å². The molecule has 1 atom stereocenters. The van der Waals surface area contributed by atoms with Crippen LogP contribution in [-0.4, -0.2) is 32.0 Å². The molecule has 0 aromatic rings. The fourth-order valence-electron chi connectivity index (χ4n) is 0.946. The first kappa shape index (κ1) is 8.05. The Morgan fingerprint density at radius 1 is 1.50 bits per heavy atom. The zero-order valence-electron chi connectivity index (χ0n) is 6.25. The fourth-order valence-corrected chi connectivity index (χ4v) is 0.946. The van der Waals surface area contributed by atoms with Gasteiger partial charge in [-0.3, -0.25) is 0 Å². The van der Waals surface area contributed by atoms with E-state index in [1.165, 1.54) is 0 Å². The SMILES string of the molecule is C[C@H](CO)CB1OCCO1. The van der Waals surface area contributed by atoms with E-state index in [1.54, 1.807) is 0 Å². The highest BCUT2D eigenvalue weighted by Gasteiger charge is 2.25. The van der Waals surface area contributed by atoms with Gasteiger partial charge in [0.25, 0.3) is 0 Å². The molecule has 1 saturated heterocycles. The summed E-state index contributed by atoms with van der Waals surface area (Å²) < 4.78 is 10.4. The molecule has 1 aliphatic heterocycles. The van der Waals surface area contributed by atoms with Crippen molar-refractivity contribution >= 4 is 7.12 Å². The second-order valence-corrected chi connectivity index (χ2v) is 2.69. The molecule has 1 fully saturated rings. The summed E-state index contributed by atoms with van der Waals surface area (Å²) in [5.41, 5.74) is 0. The van der Waals surface area contributed by atoms with Crippen molar-refractivity contribution in [1.82, 2.24) is 0 Å². The molecule has 0 radical (unpaired) electrons. The van der Waals surface area contributed by atoms with E-state index in [1.807, 2.05) is 6.92 Å². The molecule has 3 nitrogen and oxygen atoms in total. The first-order chi connectivity index (χ1) is 4.83. The molecule has 0 spiro atoms. The van der Waals surface area contributed by atoms with Crippen molar-refractivity contribution in [3.05, 3.63) is 0 Å². The van der Waals surface area contributed by atoms with E-state index in [-0.39, 0.29) is 19.6 Å². The minimum atomic E-state index is -0.0675. The van der Waals surface area contributed by atoms with Crippen molar-refractivity contribution in [2.45, 2.75) is 13.2 Å². The monoisotopic (exact) mass is 144 g/mol.